The SMILES string of the molecule is Cc1csc(CNCc2ccc(OC(C)C)cc2)n1. The highest BCUT2D eigenvalue weighted by atomic mass is 32.1. The first-order valence-electron chi connectivity index (χ1n) is 6.51. The molecule has 1 N–H and O–H groups in total. The largest absolute Gasteiger partial charge is 0.491 e. The van der Waals surface area contributed by atoms with Gasteiger partial charge in [0.25, 0.3) is 0 Å². The first-order valence-corrected chi connectivity index (χ1v) is 7.39. The molecule has 0 bridgehead atoms. The predicted octanol–water partition coefficient (Wildman–Crippen LogP) is 3.53. The third-order valence-electron chi connectivity index (χ3n) is 2.57. The van der Waals surface area contributed by atoms with E-state index in [2.05, 4.69) is 27.8 Å². The lowest BCUT2D eigenvalue weighted by molar-refractivity contribution is 0.242. The van der Waals surface area contributed by atoms with Crippen molar-refractivity contribution >= 4 is 11.3 Å². The summed E-state index contributed by atoms with van der Waals surface area (Å²) in [5.41, 5.74) is 2.35. The molecule has 4 heteroatoms. The molecule has 0 atom stereocenters. The van der Waals surface area contributed by atoms with Crippen LogP contribution in [-0.4, -0.2) is 11.1 Å². The van der Waals surface area contributed by atoms with E-state index >= 15 is 0 Å². The van der Waals surface area contributed by atoms with E-state index in [4.69, 9.17) is 4.74 Å². The van der Waals surface area contributed by atoms with Gasteiger partial charge in [-0.2, -0.15) is 0 Å². The molecule has 0 aliphatic heterocycles. The van der Waals surface area contributed by atoms with Gasteiger partial charge in [-0.3, -0.25) is 0 Å². The number of aromatic nitrogens is 1. The number of nitrogens with zero attached hydrogens (tertiary/aromatic N) is 1. The van der Waals surface area contributed by atoms with Crippen molar-refractivity contribution in [2.45, 2.75) is 40.0 Å². The number of hydrogen-bond donors (Lipinski definition) is 1. The Kier molecular flexibility index (Phi) is 4.93. The van der Waals surface area contributed by atoms with Crippen LogP contribution < -0.4 is 10.1 Å². The molecule has 0 spiro atoms. The van der Waals surface area contributed by atoms with Gasteiger partial charge in [0.05, 0.1) is 6.10 Å². The highest BCUT2D eigenvalue weighted by Crippen LogP contribution is 2.14. The van der Waals surface area contributed by atoms with Gasteiger partial charge in [0.2, 0.25) is 0 Å². The van der Waals surface area contributed by atoms with Crippen LogP contribution in [0.3, 0.4) is 0 Å². The summed E-state index contributed by atoms with van der Waals surface area (Å²) in [6.07, 6.45) is 0.220. The van der Waals surface area contributed by atoms with Crippen LogP contribution in [0.4, 0.5) is 0 Å². The monoisotopic (exact) mass is 276 g/mol. The Morgan fingerprint density at radius 3 is 2.53 bits per heavy atom. The van der Waals surface area contributed by atoms with Gasteiger partial charge in [0.1, 0.15) is 10.8 Å². The van der Waals surface area contributed by atoms with E-state index in [-0.39, 0.29) is 6.10 Å². The second kappa shape index (κ2) is 6.68. The van der Waals surface area contributed by atoms with Crippen LogP contribution in [0.5, 0.6) is 5.75 Å². The summed E-state index contributed by atoms with van der Waals surface area (Å²) >= 11 is 1.70. The lowest BCUT2D eigenvalue weighted by Gasteiger charge is -2.10. The third kappa shape index (κ3) is 4.65. The molecular weight excluding hydrogens is 256 g/mol. The van der Waals surface area contributed by atoms with E-state index < -0.39 is 0 Å². The number of thiazole rings is 1. The van der Waals surface area contributed by atoms with Crippen molar-refractivity contribution in [2.75, 3.05) is 0 Å². The zero-order chi connectivity index (χ0) is 13.7. The average Bonchev–Trinajstić information content (AvgIpc) is 2.77. The number of hydrogen-bond acceptors (Lipinski definition) is 4. The zero-order valence-electron chi connectivity index (χ0n) is 11.6. The van der Waals surface area contributed by atoms with Crippen molar-refractivity contribution in [1.82, 2.24) is 10.3 Å². The normalized spacial score (nSPS) is 10.9. The van der Waals surface area contributed by atoms with E-state index in [1.54, 1.807) is 11.3 Å². The molecule has 1 heterocycles. The van der Waals surface area contributed by atoms with Gasteiger partial charge < -0.3 is 10.1 Å². The number of aryl methyl sites for hydroxylation is 1. The van der Waals surface area contributed by atoms with Crippen molar-refractivity contribution in [2.24, 2.45) is 0 Å². The highest BCUT2D eigenvalue weighted by Gasteiger charge is 2.00. The van der Waals surface area contributed by atoms with Gasteiger partial charge in [-0.1, -0.05) is 12.1 Å². The van der Waals surface area contributed by atoms with Crippen LogP contribution in [0.2, 0.25) is 0 Å². The Hall–Kier alpha value is -1.39. The molecule has 0 saturated carbocycles. The van der Waals surface area contributed by atoms with Crippen molar-refractivity contribution in [3.8, 4) is 5.75 Å². The van der Waals surface area contributed by atoms with Crippen molar-refractivity contribution in [3.05, 3.63) is 45.9 Å². The van der Waals surface area contributed by atoms with E-state index in [0.29, 0.717) is 0 Å². The first-order chi connectivity index (χ1) is 9.13. The van der Waals surface area contributed by atoms with Crippen molar-refractivity contribution in [1.29, 1.82) is 0 Å². The van der Waals surface area contributed by atoms with Gasteiger partial charge >= 0.3 is 0 Å². The summed E-state index contributed by atoms with van der Waals surface area (Å²) in [5.74, 6) is 0.925. The molecule has 3 nitrogen and oxygen atoms in total. The van der Waals surface area contributed by atoms with Crippen LogP contribution in [0.15, 0.2) is 29.6 Å². The Labute approximate surface area is 118 Å². The van der Waals surface area contributed by atoms with Crippen LogP contribution in [0, 0.1) is 6.92 Å². The summed E-state index contributed by atoms with van der Waals surface area (Å²) in [7, 11) is 0. The lowest BCUT2D eigenvalue weighted by atomic mass is 10.2. The van der Waals surface area contributed by atoms with Crippen LogP contribution in [0.1, 0.15) is 30.1 Å². The summed E-state index contributed by atoms with van der Waals surface area (Å²) in [5, 5.41) is 6.61. The van der Waals surface area contributed by atoms with E-state index in [1.807, 2.05) is 32.9 Å². The number of nitrogens with one attached hydrogen (secondary N) is 1. The first kappa shape index (κ1) is 14.0. The predicted molar refractivity (Wildman–Crippen MR) is 79.6 cm³/mol. The third-order valence-corrected chi connectivity index (χ3v) is 3.53. The molecule has 19 heavy (non-hydrogen) atoms. The number of ether oxygens (including phenoxy) is 1. The zero-order valence-corrected chi connectivity index (χ0v) is 12.5. The van der Waals surface area contributed by atoms with Crippen LogP contribution in [-0.2, 0) is 13.1 Å². The van der Waals surface area contributed by atoms with Gasteiger partial charge in [-0.25, -0.2) is 4.98 Å². The minimum absolute atomic E-state index is 0.220. The maximum absolute atomic E-state index is 5.62. The molecule has 0 amide bonds. The molecule has 1 aromatic carbocycles. The minimum Gasteiger partial charge on any atom is -0.491 e. The smallest absolute Gasteiger partial charge is 0.119 e. The molecule has 0 unspecified atom stereocenters. The molecular formula is C15H20N2OS. The van der Waals surface area contributed by atoms with E-state index in [1.165, 1.54) is 5.56 Å². The van der Waals surface area contributed by atoms with Crippen molar-refractivity contribution in [3.63, 3.8) is 0 Å². The number of rotatable bonds is 6. The maximum atomic E-state index is 5.62. The lowest BCUT2D eigenvalue weighted by Crippen LogP contribution is -2.12. The molecule has 0 radical (unpaired) electrons. The fourth-order valence-electron chi connectivity index (χ4n) is 1.76. The second-order valence-electron chi connectivity index (χ2n) is 4.80. The van der Waals surface area contributed by atoms with Crippen molar-refractivity contribution < 1.29 is 4.74 Å². The maximum Gasteiger partial charge on any atom is 0.119 e. The van der Waals surface area contributed by atoms with Gasteiger partial charge in [-0.15, -0.1) is 11.3 Å². The fraction of sp³-hybridized carbons (Fsp3) is 0.400. The minimum atomic E-state index is 0.220. The Morgan fingerprint density at radius 2 is 1.95 bits per heavy atom. The van der Waals surface area contributed by atoms with Gasteiger partial charge in [-0.05, 0) is 38.5 Å². The van der Waals surface area contributed by atoms with Gasteiger partial charge in [0.15, 0.2) is 0 Å². The average molecular weight is 276 g/mol. The molecule has 2 rings (SSSR count). The molecule has 0 aliphatic rings. The van der Waals surface area contributed by atoms with Crippen LogP contribution in [0.25, 0.3) is 0 Å². The Bertz CT molecular complexity index is 505. The fourth-order valence-corrected chi connectivity index (χ4v) is 2.50. The molecule has 2 aromatic rings. The molecule has 1 aromatic heterocycles. The van der Waals surface area contributed by atoms with E-state index in [0.717, 1.165) is 29.5 Å². The van der Waals surface area contributed by atoms with Gasteiger partial charge in [0, 0.05) is 24.2 Å². The summed E-state index contributed by atoms with van der Waals surface area (Å²) < 4.78 is 5.62. The molecule has 102 valence electrons. The molecule has 0 aliphatic carbocycles. The Morgan fingerprint density at radius 1 is 1.21 bits per heavy atom. The van der Waals surface area contributed by atoms with E-state index in [9.17, 15) is 0 Å². The quantitative estimate of drug-likeness (QED) is 0.876. The standard InChI is InChI=1S/C15H20N2OS/c1-11(2)18-14-6-4-13(5-7-14)8-16-9-15-17-12(3)10-19-15/h4-7,10-11,16H,8-9H2,1-3H3. The topological polar surface area (TPSA) is 34.1 Å². The summed E-state index contributed by atoms with van der Waals surface area (Å²) in [6, 6.07) is 8.23. The highest BCUT2D eigenvalue weighted by molar-refractivity contribution is 7.09. The summed E-state index contributed by atoms with van der Waals surface area (Å²) in [4.78, 5) is 4.42. The second-order valence-corrected chi connectivity index (χ2v) is 5.74. The molecule has 0 saturated heterocycles. The molecule has 0 fully saturated rings. The Balaban J connectivity index is 1.79. The summed E-state index contributed by atoms with van der Waals surface area (Å²) in [6.45, 7) is 7.76. The number of benzene rings is 1. The van der Waals surface area contributed by atoms with Crippen LogP contribution >= 0.6 is 11.3 Å².